The number of nitrogens with zero attached hydrogens (tertiary/aromatic N) is 3. The van der Waals surface area contributed by atoms with Crippen LogP contribution in [-0.4, -0.2) is 41.4 Å². The molecular weight excluding hydrogens is 359 g/mol. The number of nitrogens with one attached hydrogen (secondary N) is 1. The van der Waals surface area contributed by atoms with Crippen LogP contribution in [0.1, 0.15) is 37.8 Å². The maximum atomic E-state index is 13.5. The van der Waals surface area contributed by atoms with Gasteiger partial charge >= 0.3 is 6.18 Å². The van der Waals surface area contributed by atoms with Gasteiger partial charge in [0.1, 0.15) is 17.3 Å². The number of pyridine rings is 2. The van der Waals surface area contributed by atoms with Gasteiger partial charge in [-0.25, -0.2) is 9.97 Å². The van der Waals surface area contributed by atoms with E-state index in [9.17, 15) is 18.0 Å². The average Bonchev–Trinajstić information content (AvgIpc) is 2.66. The number of alkyl halides is 3. The smallest absolute Gasteiger partial charge is 0.383 e. The van der Waals surface area contributed by atoms with Crippen molar-refractivity contribution >= 4 is 17.4 Å². The van der Waals surface area contributed by atoms with Crippen LogP contribution in [0.25, 0.3) is 0 Å². The second-order valence-electron chi connectivity index (χ2n) is 6.33. The summed E-state index contributed by atoms with van der Waals surface area (Å²) in [5.41, 5.74) is 3.83. The van der Waals surface area contributed by atoms with Gasteiger partial charge in [0.15, 0.2) is 0 Å². The molecular formula is C18H24F3N5O. The third-order valence-corrected chi connectivity index (χ3v) is 4.56. The van der Waals surface area contributed by atoms with Crippen LogP contribution in [0.4, 0.5) is 24.8 Å². The molecule has 1 unspecified atom stereocenters. The monoisotopic (exact) mass is 383 g/mol. The Morgan fingerprint density at radius 2 is 2.19 bits per heavy atom. The zero-order valence-corrected chi connectivity index (χ0v) is 14.8. The normalized spacial score (nSPS) is 17.8. The zero-order chi connectivity index (χ0) is 19.6. The highest BCUT2D eigenvalue weighted by Gasteiger charge is 2.37. The molecule has 3 heterocycles. The summed E-state index contributed by atoms with van der Waals surface area (Å²) in [6.07, 6.45) is -2.45. The summed E-state index contributed by atoms with van der Waals surface area (Å²) in [4.78, 5) is 22.5. The molecule has 1 atom stereocenters. The van der Waals surface area contributed by atoms with Crippen molar-refractivity contribution in [3.8, 4) is 0 Å². The number of halogens is 3. The highest BCUT2D eigenvalue weighted by molar-refractivity contribution is 6.11. The van der Waals surface area contributed by atoms with Gasteiger partial charge in [-0.05, 0) is 30.7 Å². The number of ketones is 1. The first kappa shape index (κ1) is 19.1. The predicted octanol–water partition coefficient (Wildman–Crippen LogP) is 2.99. The third kappa shape index (κ3) is 4.02. The molecule has 0 spiro atoms. The predicted molar refractivity (Wildman–Crippen MR) is 99.8 cm³/mol. The fourth-order valence-corrected chi connectivity index (χ4v) is 3.07. The molecule has 1 fully saturated rings. The number of piperazine rings is 1. The fraction of sp³-hybridized carbons (Fsp3) is 0.389. The van der Waals surface area contributed by atoms with Gasteiger partial charge in [0.05, 0.1) is 11.1 Å². The van der Waals surface area contributed by atoms with E-state index in [-0.39, 0.29) is 20.3 Å². The summed E-state index contributed by atoms with van der Waals surface area (Å²) < 4.78 is 40.4. The van der Waals surface area contributed by atoms with Gasteiger partial charge in [-0.2, -0.15) is 13.2 Å². The van der Waals surface area contributed by atoms with Gasteiger partial charge < -0.3 is 16.0 Å². The Balaban J connectivity index is 0.00000210. The van der Waals surface area contributed by atoms with Crippen LogP contribution in [0.2, 0.25) is 0 Å². The highest BCUT2D eigenvalue weighted by atomic mass is 19.4. The van der Waals surface area contributed by atoms with E-state index in [4.69, 9.17) is 5.73 Å². The number of anilines is 2. The van der Waals surface area contributed by atoms with Crippen LogP contribution in [0.5, 0.6) is 0 Å². The van der Waals surface area contributed by atoms with Gasteiger partial charge in [0.25, 0.3) is 0 Å². The number of carbonyl (C=O) groups excluding carboxylic acids is 1. The fourth-order valence-electron chi connectivity index (χ4n) is 3.07. The molecule has 0 saturated carbocycles. The minimum Gasteiger partial charge on any atom is -0.383 e. The minimum atomic E-state index is -4.71. The Bertz CT molecular complexity index is 850. The topological polar surface area (TPSA) is 84.1 Å². The van der Waals surface area contributed by atoms with Crippen LogP contribution in [0, 0.1) is 0 Å². The lowest BCUT2D eigenvalue weighted by atomic mass is 10.0. The molecule has 1 aliphatic rings. The molecule has 3 rings (SSSR count). The first-order valence-corrected chi connectivity index (χ1v) is 8.63. The molecule has 6 nitrogen and oxygen atoms in total. The summed E-state index contributed by atoms with van der Waals surface area (Å²) in [5.74, 6) is -0.679. The van der Waals surface area contributed by atoms with E-state index in [1.54, 1.807) is 0 Å². The summed E-state index contributed by atoms with van der Waals surface area (Å²) in [6, 6.07) is 5.23. The molecule has 0 amide bonds. The van der Waals surface area contributed by atoms with Gasteiger partial charge in [0.2, 0.25) is 5.78 Å². The van der Waals surface area contributed by atoms with E-state index < -0.39 is 23.2 Å². The minimum absolute atomic E-state index is 0. The first-order chi connectivity index (χ1) is 12.8. The number of nitrogens with two attached hydrogens (primary N) is 1. The summed E-state index contributed by atoms with van der Waals surface area (Å²) in [7, 11) is 0. The van der Waals surface area contributed by atoms with Crippen LogP contribution < -0.4 is 16.0 Å². The lowest BCUT2D eigenvalue weighted by Gasteiger charge is -2.34. The molecule has 2 aromatic rings. The molecule has 9 heteroatoms. The van der Waals surface area contributed by atoms with E-state index in [0.29, 0.717) is 25.5 Å². The van der Waals surface area contributed by atoms with Crippen molar-refractivity contribution in [1.82, 2.24) is 15.3 Å². The van der Waals surface area contributed by atoms with E-state index >= 15 is 0 Å². The van der Waals surface area contributed by atoms with Crippen molar-refractivity contribution in [2.75, 3.05) is 30.3 Å². The summed E-state index contributed by atoms with van der Waals surface area (Å²) >= 11 is 0. The van der Waals surface area contributed by atoms with E-state index in [2.05, 4.69) is 15.3 Å². The molecule has 1 saturated heterocycles. The summed E-state index contributed by atoms with van der Waals surface area (Å²) in [5, 5.41) is 3.33. The second kappa shape index (κ2) is 7.51. The molecule has 1 aliphatic heterocycles. The molecule has 0 radical (unpaired) electrons. The van der Waals surface area contributed by atoms with Crippen molar-refractivity contribution in [3.63, 3.8) is 0 Å². The lowest BCUT2D eigenvalue weighted by molar-refractivity contribution is -0.138. The van der Waals surface area contributed by atoms with E-state index in [0.717, 1.165) is 12.5 Å². The largest absolute Gasteiger partial charge is 0.418 e. The molecule has 3 N–H and O–H groups in total. The van der Waals surface area contributed by atoms with Gasteiger partial charge in [-0.15, -0.1) is 0 Å². The first-order valence-electron chi connectivity index (χ1n) is 8.63. The van der Waals surface area contributed by atoms with E-state index in [1.807, 2.05) is 11.8 Å². The second-order valence-corrected chi connectivity index (χ2v) is 6.33. The van der Waals surface area contributed by atoms with Crippen LogP contribution >= 0.6 is 0 Å². The Hall–Kier alpha value is -2.68. The molecule has 0 aliphatic carbocycles. The lowest BCUT2D eigenvalue weighted by Crippen LogP contribution is -2.50. The SMILES string of the molecule is CCC1CN(c2ccc(C(F)(F)F)c(C(=O)c3cccnc3N)n2)CCN1.[HH].[HH]. The van der Waals surface area contributed by atoms with Crippen LogP contribution in [0.3, 0.4) is 0 Å². The highest BCUT2D eigenvalue weighted by Crippen LogP contribution is 2.34. The Morgan fingerprint density at radius 1 is 1.41 bits per heavy atom. The van der Waals surface area contributed by atoms with Gasteiger partial charge in [-0.3, -0.25) is 4.79 Å². The number of rotatable bonds is 4. The van der Waals surface area contributed by atoms with Gasteiger partial charge in [-0.1, -0.05) is 6.92 Å². The number of aromatic nitrogens is 2. The van der Waals surface area contributed by atoms with Crippen molar-refractivity contribution in [2.45, 2.75) is 25.6 Å². The average molecular weight is 383 g/mol. The maximum Gasteiger partial charge on any atom is 0.418 e. The van der Waals surface area contributed by atoms with Crippen molar-refractivity contribution in [1.29, 1.82) is 0 Å². The third-order valence-electron chi connectivity index (χ3n) is 4.56. The van der Waals surface area contributed by atoms with Crippen LogP contribution in [0.15, 0.2) is 30.5 Å². The number of hydrogen-bond donors (Lipinski definition) is 2. The van der Waals surface area contributed by atoms with Crippen molar-refractivity contribution in [3.05, 3.63) is 47.3 Å². The number of nitrogen functional groups attached to an aromatic ring is 1. The van der Waals surface area contributed by atoms with Crippen LogP contribution in [-0.2, 0) is 6.18 Å². The quantitative estimate of drug-likeness (QED) is 0.790. The number of carbonyl (C=O) groups is 1. The maximum absolute atomic E-state index is 13.5. The Kier molecular flexibility index (Phi) is 5.31. The Labute approximate surface area is 157 Å². The molecule has 0 bridgehead atoms. The molecule has 2 aromatic heterocycles. The number of hydrogen-bond acceptors (Lipinski definition) is 6. The molecule has 27 heavy (non-hydrogen) atoms. The molecule has 0 aromatic carbocycles. The zero-order valence-electron chi connectivity index (χ0n) is 14.8. The van der Waals surface area contributed by atoms with Gasteiger partial charge in [0, 0.05) is 34.7 Å². The molecule has 148 valence electrons. The van der Waals surface area contributed by atoms with E-state index in [1.165, 1.54) is 24.4 Å². The van der Waals surface area contributed by atoms with Crippen molar-refractivity contribution in [2.24, 2.45) is 0 Å². The van der Waals surface area contributed by atoms with Crippen molar-refractivity contribution < 1.29 is 20.8 Å². The Morgan fingerprint density at radius 3 is 2.85 bits per heavy atom. The standard InChI is InChI=1S/C18H20F3N5O.2H2/c1-2-11-10-26(9-8-23-11)14-6-5-13(18(19,20)21)15(25-14)16(27)12-4-3-7-24-17(12)22;;/h3-7,11,23H,2,8-10H2,1H3,(H2,22,24);2*1H. The summed E-state index contributed by atoms with van der Waals surface area (Å²) in [6.45, 7) is 3.93.